The number of methoxy groups -OCH3 is 1. The molecule has 2 aromatic rings. The highest BCUT2D eigenvalue weighted by molar-refractivity contribution is 7.49. The van der Waals surface area contributed by atoms with E-state index in [-0.39, 0.29) is 42.6 Å². The lowest BCUT2D eigenvalue weighted by molar-refractivity contribution is -0.922. The molecule has 3 aliphatic heterocycles. The lowest BCUT2D eigenvalue weighted by Crippen LogP contribution is -3.00. The first-order valence-corrected chi connectivity index (χ1v) is 12.3. The number of ketones is 1. The maximum Gasteiger partial charge on any atom is 0.231 e. The molecular formula is C25H31B4IN2O5. The molecule has 0 N–H and O–H groups in total. The molecule has 2 aromatic carbocycles. The van der Waals surface area contributed by atoms with Gasteiger partial charge in [0.2, 0.25) is 12.5 Å². The minimum atomic E-state index is -0.667. The summed E-state index contributed by atoms with van der Waals surface area (Å²) in [5.74, 6) is 2.24. The molecular weight excluding hydrogens is 578 g/mol. The number of quaternary nitrogens is 1. The molecule has 0 bridgehead atoms. The van der Waals surface area contributed by atoms with Crippen LogP contribution in [0.15, 0.2) is 30.3 Å². The predicted molar refractivity (Wildman–Crippen MR) is 144 cm³/mol. The van der Waals surface area contributed by atoms with Crippen molar-refractivity contribution in [3.8, 4) is 17.2 Å². The number of ether oxygens (including phenoxy) is 4. The van der Waals surface area contributed by atoms with Crippen LogP contribution in [-0.2, 0) is 11.2 Å². The van der Waals surface area contributed by atoms with E-state index in [1.54, 1.807) is 7.11 Å². The van der Waals surface area contributed by atoms with Crippen LogP contribution in [0, 0.1) is 0 Å². The molecule has 0 aliphatic carbocycles. The van der Waals surface area contributed by atoms with Crippen molar-refractivity contribution >= 4 is 41.1 Å². The lowest BCUT2D eigenvalue weighted by atomic mass is 9.08. The fraction of sp³-hybridized carbons (Fsp3) is 0.480. The van der Waals surface area contributed by atoms with E-state index in [0.717, 1.165) is 66.3 Å². The molecule has 0 saturated carbocycles. The van der Waals surface area contributed by atoms with Gasteiger partial charge >= 0.3 is 0 Å². The number of fused-ring (bicyclic) bond motifs is 2. The van der Waals surface area contributed by atoms with Gasteiger partial charge in [0.15, 0.2) is 17.3 Å². The molecule has 1 fully saturated rings. The number of rotatable bonds is 5. The van der Waals surface area contributed by atoms with Gasteiger partial charge in [-0.25, -0.2) is 0 Å². The minimum absolute atomic E-state index is 0. The highest BCUT2D eigenvalue weighted by Crippen LogP contribution is 2.51. The van der Waals surface area contributed by atoms with Gasteiger partial charge in [-0.3, -0.25) is 4.79 Å². The zero-order chi connectivity index (χ0) is 25.9. The highest BCUT2D eigenvalue weighted by Gasteiger charge is 2.42. The van der Waals surface area contributed by atoms with Crippen molar-refractivity contribution in [1.29, 1.82) is 0 Å². The Labute approximate surface area is 241 Å². The monoisotopic (exact) mass is 610 g/mol. The predicted octanol–water partition coefficient (Wildman–Crippen LogP) is -1.31. The first-order valence-electron chi connectivity index (χ1n) is 12.3. The van der Waals surface area contributed by atoms with Crippen LogP contribution in [0.25, 0.3) is 0 Å². The highest BCUT2D eigenvalue weighted by atomic mass is 127. The molecule has 12 heteroatoms. The second-order valence-electron chi connectivity index (χ2n) is 9.84. The van der Waals surface area contributed by atoms with Gasteiger partial charge in [0, 0.05) is 60.4 Å². The Morgan fingerprint density at radius 3 is 2.41 bits per heavy atom. The summed E-state index contributed by atoms with van der Waals surface area (Å²) in [6.45, 7) is 4.40. The molecule has 1 saturated heterocycles. The van der Waals surface area contributed by atoms with E-state index in [4.69, 9.17) is 18.9 Å². The van der Waals surface area contributed by atoms with Gasteiger partial charge in [-0.05, 0) is 35.9 Å². The quantitative estimate of drug-likeness (QED) is 0.182. The number of likely N-dealkylation sites (N-methyl/N-ethyl adjacent to an activating group) is 1. The molecule has 0 spiro atoms. The topological polar surface area (TPSA) is 57.2 Å². The van der Waals surface area contributed by atoms with Gasteiger partial charge in [0.05, 0.1) is 52.9 Å². The summed E-state index contributed by atoms with van der Waals surface area (Å²) in [4.78, 5) is 15.7. The van der Waals surface area contributed by atoms with E-state index in [9.17, 15) is 4.79 Å². The maximum absolute atomic E-state index is 13.4. The Balaban J connectivity index is 0.000000711. The Morgan fingerprint density at radius 2 is 1.78 bits per heavy atom. The summed E-state index contributed by atoms with van der Waals surface area (Å²) in [6.07, 6.45) is 0.654. The molecule has 1 unspecified atom stereocenters. The Bertz CT molecular complexity index is 1080. The van der Waals surface area contributed by atoms with E-state index in [0.29, 0.717) is 17.9 Å². The van der Waals surface area contributed by atoms with Crippen LogP contribution in [0.2, 0.25) is 0 Å². The van der Waals surface area contributed by atoms with E-state index in [1.165, 1.54) is 5.56 Å². The Hall–Kier alpha value is -1.78. The van der Waals surface area contributed by atoms with Crippen LogP contribution in [0.5, 0.6) is 17.2 Å². The van der Waals surface area contributed by atoms with Crippen LogP contribution < -0.4 is 43.1 Å². The van der Waals surface area contributed by atoms with Gasteiger partial charge in [-0.15, -0.1) is 0 Å². The fourth-order valence-corrected chi connectivity index (χ4v) is 5.09. The summed E-state index contributed by atoms with van der Waals surface area (Å²) >= 11 is 0. The third-order valence-corrected chi connectivity index (χ3v) is 7.03. The molecule has 37 heavy (non-hydrogen) atoms. The average molecular weight is 610 g/mol. The largest absolute Gasteiger partial charge is 1.00 e. The van der Waals surface area contributed by atoms with Gasteiger partial charge in [0.1, 0.15) is 6.04 Å². The summed E-state index contributed by atoms with van der Waals surface area (Å²) in [7, 11) is 20.0. The van der Waals surface area contributed by atoms with Crippen molar-refractivity contribution in [1.82, 2.24) is 0 Å². The van der Waals surface area contributed by atoms with Crippen LogP contribution in [-0.4, -0.2) is 101 Å². The van der Waals surface area contributed by atoms with Crippen molar-refractivity contribution in [2.45, 2.75) is 18.9 Å². The van der Waals surface area contributed by atoms with Gasteiger partial charge in [-0.2, -0.15) is 0 Å². The second-order valence-corrected chi connectivity index (χ2v) is 9.84. The number of halogens is 1. The van der Waals surface area contributed by atoms with Crippen molar-refractivity contribution in [3.05, 3.63) is 47.0 Å². The van der Waals surface area contributed by atoms with Crippen molar-refractivity contribution < 1.29 is 52.2 Å². The molecule has 1 atom stereocenters. The Kier molecular flexibility index (Phi) is 10.3. The van der Waals surface area contributed by atoms with Gasteiger partial charge < -0.3 is 52.3 Å². The molecule has 0 amide bonds. The SMILES string of the molecule is COc1c2c(cc3c1C(CC(=O)c1ccc(N4CCOCC4)cc1)[N+](C)(C)CC3)OCO2.[B]B([B])[B].[I-]. The van der Waals surface area contributed by atoms with Gasteiger partial charge in [-0.1, -0.05) is 0 Å². The Morgan fingerprint density at radius 1 is 1.14 bits per heavy atom. The first kappa shape index (κ1) is 29.8. The summed E-state index contributed by atoms with van der Waals surface area (Å²) in [5.41, 5.74) is 4.14. The zero-order valence-electron chi connectivity index (χ0n) is 21.7. The smallest absolute Gasteiger partial charge is 0.231 e. The van der Waals surface area contributed by atoms with Crippen LogP contribution in [0.1, 0.15) is 33.9 Å². The number of Topliss-reactive ketones (excluding diaryl/α,β-unsaturated/α-hetero) is 1. The van der Waals surface area contributed by atoms with E-state index in [2.05, 4.69) is 48.3 Å². The molecule has 0 aromatic heterocycles. The normalized spacial score (nSPS) is 19.0. The number of morpholine rings is 1. The zero-order valence-corrected chi connectivity index (χ0v) is 23.9. The minimum Gasteiger partial charge on any atom is -1.00 e. The third-order valence-electron chi connectivity index (χ3n) is 7.03. The third kappa shape index (κ3) is 6.81. The molecule has 3 heterocycles. The van der Waals surface area contributed by atoms with E-state index in [1.807, 2.05) is 24.3 Å². The van der Waals surface area contributed by atoms with E-state index >= 15 is 0 Å². The standard InChI is InChI=1S/C25H31N2O5.B4.HI/c1-27(2)11-8-18-14-22-24(32-16-31-22)25(29-3)23(18)20(27)15-21(28)17-4-6-19(7-5-17)26-9-12-30-13-10-26;1-4(2)3;/h4-7,14,20H,8-13,15-16H2,1-3H3;;1H/q+1;;/p-1. The lowest BCUT2D eigenvalue weighted by Gasteiger charge is -2.43. The average Bonchev–Trinajstić information content (AvgIpc) is 3.33. The summed E-state index contributed by atoms with van der Waals surface area (Å²) in [5, 5.41) is 0. The van der Waals surface area contributed by atoms with Crippen molar-refractivity contribution in [2.24, 2.45) is 0 Å². The molecule has 5 rings (SSSR count). The summed E-state index contributed by atoms with van der Waals surface area (Å²) < 4.78 is 23.3. The number of carbonyl (C=O) groups is 1. The fourth-order valence-electron chi connectivity index (χ4n) is 5.09. The number of hydrogen-bond donors (Lipinski definition) is 0. The molecule has 3 aliphatic rings. The number of anilines is 1. The first-order chi connectivity index (χ1) is 17.2. The van der Waals surface area contributed by atoms with Crippen molar-refractivity contribution in [2.75, 3.05) is 65.7 Å². The number of benzene rings is 2. The maximum atomic E-state index is 13.4. The van der Waals surface area contributed by atoms with Gasteiger partial charge in [0.25, 0.3) is 0 Å². The summed E-state index contributed by atoms with van der Waals surface area (Å²) in [6, 6.07) is 10.0. The van der Waals surface area contributed by atoms with Crippen molar-refractivity contribution in [3.63, 3.8) is 0 Å². The molecule has 7 nitrogen and oxygen atoms in total. The number of hydrogen-bond acceptors (Lipinski definition) is 6. The molecule has 6 radical (unpaired) electrons. The van der Waals surface area contributed by atoms with Crippen LogP contribution in [0.4, 0.5) is 5.69 Å². The molecule has 190 valence electrons. The number of nitrogens with zero attached hydrogens (tertiary/aromatic N) is 2. The van der Waals surface area contributed by atoms with E-state index < -0.39 is 6.39 Å². The van der Waals surface area contributed by atoms with Crippen LogP contribution >= 0.6 is 0 Å². The second kappa shape index (κ2) is 12.8. The number of carbonyl (C=O) groups excluding carboxylic acids is 1. The van der Waals surface area contributed by atoms with Crippen LogP contribution in [0.3, 0.4) is 0 Å².